The average Bonchev–Trinajstić information content (AvgIpc) is 1.88. The second-order valence-electron chi connectivity index (χ2n) is 1.65. The summed E-state index contributed by atoms with van der Waals surface area (Å²) in [6, 6.07) is 0. The Bertz CT molecular complexity index is 200. The maximum absolute atomic E-state index is 9.92. The monoisotopic (exact) mass is 158 g/mol. The summed E-state index contributed by atoms with van der Waals surface area (Å²) in [6.45, 7) is 0.673. The van der Waals surface area contributed by atoms with E-state index in [9.17, 15) is 10.1 Å². The summed E-state index contributed by atoms with van der Waals surface area (Å²) in [7, 11) is 0. The zero-order valence-corrected chi connectivity index (χ0v) is 5.93. The van der Waals surface area contributed by atoms with Crippen LogP contribution in [0.4, 0.5) is 0 Å². The van der Waals surface area contributed by atoms with Crippen molar-refractivity contribution in [1.82, 2.24) is 5.32 Å². The molecule has 0 spiro atoms. The van der Waals surface area contributed by atoms with Crippen LogP contribution in [-0.4, -0.2) is 11.5 Å². The van der Waals surface area contributed by atoms with E-state index in [-0.39, 0.29) is 0 Å². The number of rotatable bonds is 1. The van der Waals surface area contributed by atoms with Crippen LogP contribution in [0.15, 0.2) is 22.7 Å². The van der Waals surface area contributed by atoms with Gasteiger partial charge in [-0.1, -0.05) is 17.8 Å². The highest BCUT2D eigenvalue weighted by molar-refractivity contribution is 8.05. The first-order valence-corrected chi connectivity index (χ1v) is 3.58. The van der Waals surface area contributed by atoms with E-state index in [2.05, 4.69) is 5.32 Å². The molecule has 0 amide bonds. The minimum absolute atomic E-state index is 0.464. The maximum atomic E-state index is 9.92. The van der Waals surface area contributed by atoms with Crippen molar-refractivity contribution in [3.05, 3.63) is 32.8 Å². The third-order valence-electron chi connectivity index (χ3n) is 0.908. The van der Waals surface area contributed by atoms with Gasteiger partial charge in [-0.15, -0.1) is 0 Å². The molecule has 0 aromatic rings. The van der Waals surface area contributed by atoms with E-state index < -0.39 is 4.92 Å². The van der Waals surface area contributed by atoms with Crippen LogP contribution >= 0.6 is 11.8 Å². The molecular formula is C5H6N2O2S. The van der Waals surface area contributed by atoms with Crippen LogP contribution in [0.1, 0.15) is 0 Å². The lowest BCUT2D eigenvalue weighted by atomic mass is 10.6. The maximum Gasteiger partial charge on any atom is 0.264 e. The van der Waals surface area contributed by atoms with E-state index in [0.717, 1.165) is 6.20 Å². The fourth-order valence-corrected chi connectivity index (χ4v) is 1.20. The van der Waals surface area contributed by atoms with E-state index in [1.807, 2.05) is 11.5 Å². The average molecular weight is 158 g/mol. The molecule has 1 N–H and O–H groups in total. The van der Waals surface area contributed by atoms with Crippen LogP contribution in [0.2, 0.25) is 0 Å². The van der Waals surface area contributed by atoms with Gasteiger partial charge < -0.3 is 5.32 Å². The molecule has 10 heavy (non-hydrogen) atoms. The van der Waals surface area contributed by atoms with Gasteiger partial charge in [0.1, 0.15) is 5.03 Å². The number of hydrogen-bond donors (Lipinski definition) is 1. The number of nitro groups is 1. The Morgan fingerprint density at radius 3 is 3.20 bits per heavy atom. The van der Waals surface area contributed by atoms with Crippen molar-refractivity contribution in [2.45, 2.75) is 0 Å². The Hall–Kier alpha value is -0.970. The van der Waals surface area contributed by atoms with Gasteiger partial charge in [0.15, 0.2) is 0 Å². The number of hydrogen-bond acceptors (Lipinski definition) is 4. The first kappa shape index (κ1) is 7.14. The van der Waals surface area contributed by atoms with Crippen LogP contribution in [0.3, 0.4) is 0 Å². The predicted molar refractivity (Wildman–Crippen MR) is 39.8 cm³/mol. The molecule has 54 valence electrons. The van der Waals surface area contributed by atoms with Crippen molar-refractivity contribution >= 4 is 11.8 Å². The molecule has 1 rings (SSSR count). The number of nitrogens with one attached hydrogen (secondary N) is 1. The molecule has 5 heteroatoms. The van der Waals surface area contributed by atoms with Gasteiger partial charge in [0.05, 0.1) is 4.92 Å². The van der Waals surface area contributed by atoms with E-state index in [1.165, 1.54) is 11.8 Å². The molecular weight excluding hydrogens is 152 g/mol. The Labute approximate surface area is 62.1 Å². The largest absolute Gasteiger partial charge is 0.371 e. The highest BCUT2D eigenvalue weighted by Crippen LogP contribution is 2.16. The Kier molecular flexibility index (Phi) is 2.33. The smallest absolute Gasteiger partial charge is 0.264 e. The lowest BCUT2D eigenvalue weighted by molar-refractivity contribution is -0.403. The minimum Gasteiger partial charge on any atom is -0.371 e. The van der Waals surface area contributed by atoms with Gasteiger partial charge in [0.2, 0.25) is 0 Å². The van der Waals surface area contributed by atoms with E-state index >= 15 is 0 Å². The minimum atomic E-state index is -0.464. The molecule has 0 unspecified atom stereocenters. The topological polar surface area (TPSA) is 55.2 Å². The molecule has 0 aromatic heterocycles. The predicted octanol–water partition coefficient (Wildman–Crippen LogP) is 0.912. The van der Waals surface area contributed by atoms with Crippen LogP contribution in [-0.2, 0) is 0 Å². The van der Waals surface area contributed by atoms with Crippen molar-refractivity contribution in [2.24, 2.45) is 0 Å². The lowest BCUT2D eigenvalue weighted by Crippen LogP contribution is -2.13. The van der Waals surface area contributed by atoms with Crippen molar-refractivity contribution < 1.29 is 4.92 Å². The van der Waals surface area contributed by atoms with Gasteiger partial charge in [-0.2, -0.15) is 0 Å². The molecule has 1 heterocycles. The summed E-state index contributed by atoms with van der Waals surface area (Å²) >= 11 is 1.32. The summed E-state index contributed by atoms with van der Waals surface area (Å²) < 4.78 is 0. The van der Waals surface area contributed by atoms with Crippen molar-refractivity contribution in [1.29, 1.82) is 0 Å². The van der Waals surface area contributed by atoms with Gasteiger partial charge in [-0.05, 0) is 5.41 Å². The van der Waals surface area contributed by atoms with Crippen LogP contribution in [0.5, 0.6) is 0 Å². The summed E-state index contributed by atoms with van der Waals surface area (Å²) in [6.07, 6.45) is 2.87. The third kappa shape index (κ3) is 2.10. The van der Waals surface area contributed by atoms with Crippen LogP contribution in [0.25, 0.3) is 0 Å². The van der Waals surface area contributed by atoms with Crippen molar-refractivity contribution in [2.75, 3.05) is 6.54 Å². The number of nitrogens with zero attached hydrogens (tertiary/aromatic N) is 1. The summed E-state index contributed by atoms with van der Waals surface area (Å²) in [5.41, 5.74) is 0. The van der Waals surface area contributed by atoms with Crippen LogP contribution < -0.4 is 5.32 Å². The molecule has 0 radical (unpaired) electrons. The molecule has 0 aromatic carbocycles. The van der Waals surface area contributed by atoms with E-state index in [1.54, 1.807) is 0 Å². The number of thioether (sulfide) groups is 1. The lowest BCUT2D eigenvalue weighted by Gasteiger charge is -2.06. The first-order chi connectivity index (χ1) is 4.79. The zero-order chi connectivity index (χ0) is 7.40. The Balaban J connectivity index is 2.56. The summed E-state index contributed by atoms with van der Waals surface area (Å²) in [5, 5.41) is 15.2. The van der Waals surface area contributed by atoms with Crippen LogP contribution in [0, 0.1) is 10.1 Å². The van der Waals surface area contributed by atoms with Crippen molar-refractivity contribution in [3.8, 4) is 0 Å². The summed E-state index contributed by atoms with van der Waals surface area (Å²) in [5.74, 6) is 0. The molecule has 1 aliphatic heterocycles. The standard InChI is InChI=1S/C5H6N2O2S/c8-7(9)4-5-6-2-1-3-10-5/h1,3-4,6H,2H2. The SMILES string of the molecule is O=[N+]([O-])C=C1NCC=CS1. The molecule has 0 fully saturated rings. The molecule has 0 atom stereocenters. The molecule has 0 saturated carbocycles. The molecule has 0 bridgehead atoms. The van der Waals surface area contributed by atoms with Gasteiger partial charge in [0, 0.05) is 6.54 Å². The fourth-order valence-electron chi connectivity index (χ4n) is 0.543. The highest BCUT2D eigenvalue weighted by atomic mass is 32.2. The molecule has 1 aliphatic rings. The molecule has 0 saturated heterocycles. The summed E-state index contributed by atoms with van der Waals surface area (Å²) in [4.78, 5) is 9.46. The van der Waals surface area contributed by atoms with Gasteiger partial charge in [-0.3, -0.25) is 10.1 Å². The third-order valence-corrected chi connectivity index (χ3v) is 1.74. The Morgan fingerprint density at radius 1 is 1.90 bits per heavy atom. The zero-order valence-electron chi connectivity index (χ0n) is 5.11. The van der Waals surface area contributed by atoms with E-state index in [4.69, 9.17) is 0 Å². The molecule has 4 nitrogen and oxygen atoms in total. The van der Waals surface area contributed by atoms with Crippen molar-refractivity contribution in [3.63, 3.8) is 0 Å². The normalized spacial score (nSPS) is 20.6. The Morgan fingerprint density at radius 2 is 2.70 bits per heavy atom. The van der Waals surface area contributed by atoms with Gasteiger partial charge in [-0.25, -0.2) is 0 Å². The fraction of sp³-hybridized carbons (Fsp3) is 0.200. The molecule has 0 aliphatic carbocycles. The van der Waals surface area contributed by atoms with Gasteiger partial charge >= 0.3 is 0 Å². The highest BCUT2D eigenvalue weighted by Gasteiger charge is 2.02. The van der Waals surface area contributed by atoms with E-state index in [0.29, 0.717) is 11.6 Å². The second kappa shape index (κ2) is 3.26. The van der Waals surface area contributed by atoms with Gasteiger partial charge in [0.25, 0.3) is 6.20 Å². The quantitative estimate of drug-likeness (QED) is 0.455. The first-order valence-electron chi connectivity index (χ1n) is 2.70. The second-order valence-corrected chi connectivity index (χ2v) is 2.60.